The smallest absolute Gasteiger partial charge is 0.0408 e. The summed E-state index contributed by atoms with van der Waals surface area (Å²) in [5.41, 5.74) is 5.52. The highest BCUT2D eigenvalue weighted by atomic mass is 15.2. The lowest BCUT2D eigenvalue weighted by atomic mass is 10.0. The van der Waals surface area contributed by atoms with Gasteiger partial charge in [0.05, 0.1) is 0 Å². The summed E-state index contributed by atoms with van der Waals surface area (Å²) in [4.78, 5) is 4.86. The maximum Gasteiger partial charge on any atom is 0.0408 e. The van der Waals surface area contributed by atoms with Crippen molar-refractivity contribution in [3.63, 3.8) is 0 Å². The van der Waals surface area contributed by atoms with Gasteiger partial charge in [-0.2, -0.15) is 0 Å². The van der Waals surface area contributed by atoms with E-state index in [0.717, 1.165) is 42.9 Å². The van der Waals surface area contributed by atoms with Crippen LogP contribution in [-0.4, -0.2) is 31.1 Å². The van der Waals surface area contributed by atoms with E-state index in [-0.39, 0.29) is 0 Å². The van der Waals surface area contributed by atoms with Crippen LogP contribution in [0.1, 0.15) is 45.6 Å². The molecule has 28 heavy (non-hydrogen) atoms. The molecule has 2 nitrogen and oxygen atoms in total. The molecule has 2 rings (SSSR count). The van der Waals surface area contributed by atoms with Gasteiger partial charge in [-0.25, -0.2) is 0 Å². The molecule has 0 radical (unpaired) electrons. The lowest BCUT2D eigenvalue weighted by Crippen LogP contribution is -2.29. The first kappa shape index (κ1) is 21.8. The van der Waals surface area contributed by atoms with E-state index in [9.17, 15) is 0 Å². The maximum atomic E-state index is 5.53. The highest BCUT2D eigenvalue weighted by Gasteiger charge is 2.09. The summed E-state index contributed by atoms with van der Waals surface area (Å²) in [5, 5.41) is 0. The Balaban J connectivity index is 2.03. The molecular formula is C26H34N2. The minimum atomic E-state index is 0.911. The molecule has 2 aromatic carbocycles. The average Bonchev–Trinajstić information content (AvgIpc) is 2.73. The van der Waals surface area contributed by atoms with Gasteiger partial charge in [0.1, 0.15) is 0 Å². The van der Waals surface area contributed by atoms with Crippen molar-refractivity contribution in [3.05, 3.63) is 66.4 Å². The molecule has 0 saturated carbocycles. The van der Waals surface area contributed by atoms with Crippen molar-refractivity contribution in [1.29, 1.82) is 0 Å². The number of terminal acetylenes is 1. The van der Waals surface area contributed by atoms with Crippen molar-refractivity contribution < 1.29 is 0 Å². The molecule has 0 N–H and O–H groups in total. The number of hydrogen-bond acceptors (Lipinski definition) is 2. The summed E-state index contributed by atoms with van der Waals surface area (Å²) < 4.78 is 0. The topological polar surface area (TPSA) is 6.48 Å². The van der Waals surface area contributed by atoms with Gasteiger partial charge in [0.25, 0.3) is 0 Å². The van der Waals surface area contributed by atoms with Crippen LogP contribution >= 0.6 is 0 Å². The largest absolute Gasteiger partial charge is 0.346 e. The van der Waals surface area contributed by atoms with Crippen LogP contribution < -0.4 is 4.90 Å². The molecule has 0 amide bonds. The first-order valence-electron chi connectivity index (χ1n) is 10.4. The molecule has 0 fully saturated rings. The normalized spacial score (nSPS) is 10.7. The lowest BCUT2D eigenvalue weighted by Gasteiger charge is -2.27. The SMILES string of the molecule is C#Cc1cccc(-c2ccc(N(CCCN(CC)CCCC)C(=C)C)cc2)c1. The van der Waals surface area contributed by atoms with E-state index in [1.807, 2.05) is 12.1 Å². The zero-order chi connectivity index (χ0) is 20.4. The summed E-state index contributed by atoms with van der Waals surface area (Å²) in [6.45, 7) is 15.2. The highest BCUT2D eigenvalue weighted by Crippen LogP contribution is 2.25. The monoisotopic (exact) mass is 374 g/mol. The second-order valence-corrected chi connectivity index (χ2v) is 7.30. The Morgan fingerprint density at radius 3 is 2.29 bits per heavy atom. The van der Waals surface area contributed by atoms with Gasteiger partial charge >= 0.3 is 0 Å². The van der Waals surface area contributed by atoms with Crippen molar-refractivity contribution >= 4 is 5.69 Å². The zero-order valence-corrected chi connectivity index (χ0v) is 17.7. The Hall–Kier alpha value is -2.50. The molecule has 0 aliphatic carbocycles. The minimum Gasteiger partial charge on any atom is -0.346 e. The van der Waals surface area contributed by atoms with E-state index >= 15 is 0 Å². The van der Waals surface area contributed by atoms with E-state index < -0.39 is 0 Å². The summed E-state index contributed by atoms with van der Waals surface area (Å²) in [6.07, 6.45) is 9.20. The van der Waals surface area contributed by atoms with Crippen LogP contribution in [0.2, 0.25) is 0 Å². The second kappa shape index (κ2) is 11.4. The van der Waals surface area contributed by atoms with Crippen LogP contribution in [0.15, 0.2) is 60.8 Å². The Kier molecular flexibility index (Phi) is 8.85. The van der Waals surface area contributed by atoms with Gasteiger partial charge in [-0.3, -0.25) is 0 Å². The van der Waals surface area contributed by atoms with Crippen LogP contribution in [0.25, 0.3) is 11.1 Å². The molecule has 0 unspecified atom stereocenters. The fourth-order valence-electron chi connectivity index (χ4n) is 3.42. The summed E-state index contributed by atoms with van der Waals surface area (Å²) in [5.74, 6) is 2.71. The maximum absolute atomic E-state index is 5.53. The molecule has 0 saturated heterocycles. The predicted octanol–water partition coefficient (Wildman–Crippen LogP) is 6.19. The third-order valence-electron chi connectivity index (χ3n) is 5.13. The van der Waals surface area contributed by atoms with Gasteiger partial charge < -0.3 is 9.80 Å². The summed E-state index contributed by atoms with van der Waals surface area (Å²) in [7, 11) is 0. The number of benzene rings is 2. The Bertz CT molecular complexity index is 783. The number of rotatable bonds is 11. The standard InChI is InChI=1S/C26H34N2/c1-6-9-18-27(8-3)19-11-20-28(22(4)5)26-16-14-24(15-17-26)25-13-10-12-23(7-2)21-25/h2,10,12-17,21H,4,6,8-9,11,18-20H2,1,3,5H3. The van der Waals surface area contributed by atoms with E-state index in [2.05, 4.69) is 79.5 Å². The van der Waals surface area contributed by atoms with E-state index in [1.165, 1.54) is 30.6 Å². The van der Waals surface area contributed by atoms with Crippen LogP contribution in [0.4, 0.5) is 5.69 Å². The van der Waals surface area contributed by atoms with E-state index in [0.29, 0.717) is 0 Å². The molecule has 0 bridgehead atoms. The van der Waals surface area contributed by atoms with Crippen LogP contribution in [0, 0.1) is 12.3 Å². The highest BCUT2D eigenvalue weighted by molar-refractivity contribution is 5.68. The number of unbranched alkanes of at least 4 members (excludes halogenated alkanes) is 1. The average molecular weight is 375 g/mol. The first-order chi connectivity index (χ1) is 13.6. The van der Waals surface area contributed by atoms with E-state index in [4.69, 9.17) is 6.42 Å². The van der Waals surface area contributed by atoms with Crippen molar-refractivity contribution in [2.75, 3.05) is 31.1 Å². The van der Waals surface area contributed by atoms with Gasteiger partial charge in [-0.05, 0) is 74.8 Å². The van der Waals surface area contributed by atoms with Crippen molar-refractivity contribution in [1.82, 2.24) is 4.90 Å². The molecule has 2 aromatic rings. The number of allylic oxidation sites excluding steroid dienone is 1. The number of nitrogens with zero attached hydrogens (tertiary/aromatic N) is 2. The van der Waals surface area contributed by atoms with Gasteiger partial charge in [-0.1, -0.05) is 57.0 Å². The number of anilines is 1. The van der Waals surface area contributed by atoms with E-state index in [1.54, 1.807) is 0 Å². The van der Waals surface area contributed by atoms with Crippen molar-refractivity contribution in [3.8, 4) is 23.5 Å². The number of hydrogen-bond donors (Lipinski definition) is 0. The molecule has 0 spiro atoms. The quantitative estimate of drug-likeness (QED) is 0.433. The summed E-state index contributed by atoms with van der Waals surface area (Å²) in [6, 6.07) is 16.8. The lowest BCUT2D eigenvalue weighted by molar-refractivity contribution is 0.281. The predicted molar refractivity (Wildman–Crippen MR) is 124 cm³/mol. The Morgan fingerprint density at radius 1 is 0.964 bits per heavy atom. The first-order valence-corrected chi connectivity index (χ1v) is 10.4. The zero-order valence-electron chi connectivity index (χ0n) is 17.7. The van der Waals surface area contributed by atoms with Crippen molar-refractivity contribution in [2.24, 2.45) is 0 Å². The molecule has 2 heteroatoms. The third-order valence-corrected chi connectivity index (χ3v) is 5.13. The molecule has 0 heterocycles. The molecule has 148 valence electrons. The van der Waals surface area contributed by atoms with Crippen LogP contribution in [0.3, 0.4) is 0 Å². The fourth-order valence-corrected chi connectivity index (χ4v) is 3.42. The Labute approximate surface area is 171 Å². The van der Waals surface area contributed by atoms with Gasteiger partial charge in [-0.15, -0.1) is 6.42 Å². The van der Waals surface area contributed by atoms with Crippen LogP contribution in [-0.2, 0) is 0 Å². The Morgan fingerprint density at radius 2 is 1.68 bits per heavy atom. The van der Waals surface area contributed by atoms with Gasteiger partial charge in [0.15, 0.2) is 0 Å². The molecule has 0 aliphatic rings. The van der Waals surface area contributed by atoms with Crippen molar-refractivity contribution in [2.45, 2.75) is 40.0 Å². The molecule has 0 atom stereocenters. The molecule has 0 aliphatic heterocycles. The molecular weight excluding hydrogens is 340 g/mol. The van der Waals surface area contributed by atoms with Gasteiger partial charge in [0, 0.05) is 23.5 Å². The van der Waals surface area contributed by atoms with Gasteiger partial charge in [0.2, 0.25) is 0 Å². The summed E-state index contributed by atoms with van der Waals surface area (Å²) >= 11 is 0. The third kappa shape index (κ3) is 6.29. The minimum absolute atomic E-state index is 0.911. The van der Waals surface area contributed by atoms with Crippen LogP contribution in [0.5, 0.6) is 0 Å². The second-order valence-electron chi connectivity index (χ2n) is 7.30. The fraction of sp³-hybridized carbons (Fsp3) is 0.385. The molecule has 0 aromatic heterocycles.